The molecule has 0 unspecified atom stereocenters. The maximum absolute atomic E-state index is 11.1. The number of ketones is 1. The van der Waals surface area contributed by atoms with E-state index in [-0.39, 0.29) is 17.3 Å². The Morgan fingerprint density at radius 2 is 1.94 bits per heavy atom. The van der Waals surface area contributed by atoms with Gasteiger partial charge in [-0.25, -0.2) is 4.79 Å². The lowest BCUT2D eigenvalue weighted by Crippen LogP contribution is -2.31. The Labute approximate surface area is 91.7 Å². The summed E-state index contributed by atoms with van der Waals surface area (Å²) in [5.41, 5.74) is -1.19. The molecule has 0 spiro atoms. The van der Waals surface area contributed by atoms with Gasteiger partial charge in [-0.05, 0) is 25.0 Å². The van der Waals surface area contributed by atoms with E-state index in [4.69, 9.17) is 9.52 Å². The fourth-order valence-electron chi connectivity index (χ4n) is 1.89. The number of carbonyl (C=O) groups excluding carboxylic acids is 1. The predicted octanol–water partition coefficient (Wildman–Crippen LogP) is 1.31. The topological polar surface area (TPSA) is 87.7 Å². The summed E-state index contributed by atoms with van der Waals surface area (Å²) in [6, 6.07) is 2.77. The van der Waals surface area contributed by atoms with E-state index in [9.17, 15) is 14.7 Å². The third kappa shape index (κ3) is 1.86. The normalized spacial score (nSPS) is 19.7. The zero-order valence-corrected chi connectivity index (χ0v) is 8.60. The zero-order chi connectivity index (χ0) is 11.8. The van der Waals surface area contributed by atoms with E-state index < -0.39 is 11.6 Å². The molecule has 1 aromatic rings. The molecule has 1 fully saturated rings. The van der Waals surface area contributed by atoms with E-state index in [1.165, 1.54) is 12.1 Å². The van der Waals surface area contributed by atoms with E-state index in [2.05, 4.69) is 0 Å². The number of carbonyl (C=O) groups is 2. The number of hydrogen-bond acceptors (Lipinski definition) is 4. The van der Waals surface area contributed by atoms with Crippen LogP contribution in [0.4, 0.5) is 0 Å². The van der Waals surface area contributed by atoms with E-state index in [0.717, 1.165) is 0 Å². The standard InChI is InChI=1S/C11H12O5/c12-7-3-5-11(15,6-4-7)9-2-1-8(16-9)10(13)14/h1-2,15H,3-6H2,(H,13,14). The summed E-state index contributed by atoms with van der Waals surface area (Å²) in [6.07, 6.45) is 1.19. The number of aliphatic hydroxyl groups is 1. The Hall–Kier alpha value is -1.62. The Balaban J connectivity index is 2.22. The second-order valence-corrected chi connectivity index (χ2v) is 4.04. The Kier molecular flexibility index (Phi) is 2.55. The largest absolute Gasteiger partial charge is 0.475 e. The summed E-state index contributed by atoms with van der Waals surface area (Å²) >= 11 is 0. The van der Waals surface area contributed by atoms with Crippen molar-refractivity contribution in [3.8, 4) is 0 Å². The van der Waals surface area contributed by atoms with E-state index in [1.807, 2.05) is 0 Å². The van der Waals surface area contributed by atoms with Gasteiger partial charge >= 0.3 is 5.97 Å². The molecule has 1 aliphatic rings. The molecule has 0 radical (unpaired) electrons. The molecule has 5 heteroatoms. The predicted molar refractivity (Wildman–Crippen MR) is 53.0 cm³/mol. The van der Waals surface area contributed by atoms with Crippen molar-refractivity contribution in [2.24, 2.45) is 0 Å². The summed E-state index contributed by atoms with van der Waals surface area (Å²) in [7, 11) is 0. The molecular formula is C11H12O5. The zero-order valence-electron chi connectivity index (χ0n) is 8.60. The second kappa shape index (κ2) is 3.75. The van der Waals surface area contributed by atoms with Gasteiger partial charge in [0.25, 0.3) is 0 Å². The molecule has 0 amide bonds. The first kappa shape index (κ1) is 10.9. The monoisotopic (exact) mass is 224 g/mol. The Morgan fingerprint density at radius 1 is 1.31 bits per heavy atom. The third-order valence-electron chi connectivity index (χ3n) is 2.91. The van der Waals surface area contributed by atoms with Gasteiger partial charge in [0.15, 0.2) is 0 Å². The number of furan rings is 1. The van der Waals surface area contributed by atoms with Crippen LogP contribution in [0.1, 0.15) is 42.0 Å². The van der Waals surface area contributed by atoms with Crippen LogP contribution >= 0.6 is 0 Å². The average Bonchev–Trinajstić information content (AvgIpc) is 2.72. The Morgan fingerprint density at radius 3 is 2.44 bits per heavy atom. The summed E-state index contributed by atoms with van der Waals surface area (Å²) < 4.78 is 5.06. The Bertz CT molecular complexity index is 421. The number of hydrogen-bond donors (Lipinski definition) is 2. The fraction of sp³-hybridized carbons (Fsp3) is 0.455. The minimum Gasteiger partial charge on any atom is -0.475 e. The van der Waals surface area contributed by atoms with Crippen molar-refractivity contribution in [2.45, 2.75) is 31.3 Å². The van der Waals surface area contributed by atoms with E-state index in [0.29, 0.717) is 25.7 Å². The minimum atomic E-state index is -1.19. The van der Waals surface area contributed by atoms with Gasteiger partial charge in [-0.1, -0.05) is 0 Å². The molecule has 0 aromatic carbocycles. The van der Waals surface area contributed by atoms with Gasteiger partial charge in [-0.3, -0.25) is 4.79 Å². The molecule has 0 saturated heterocycles. The maximum atomic E-state index is 11.1. The first-order valence-electron chi connectivity index (χ1n) is 5.09. The van der Waals surface area contributed by atoms with Gasteiger partial charge in [-0.15, -0.1) is 0 Å². The van der Waals surface area contributed by atoms with Crippen molar-refractivity contribution in [1.29, 1.82) is 0 Å². The van der Waals surface area contributed by atoms with Gasteiger partial charge < -0.3 is 14.6 Å². The van der Waals surface area contributed by atoms with Gasteiger partial charge in [0, 0.05) is 12.8 Å². The molecule has 0 aliphatic heterocycles. The molecule has 1 saturated carbocycles. The van der Waals surface area contributed by atoms with Crippen molar-refractivity contribution in [1.82, 2.24) is 0 Å². The number of carboxylic acids is 1. The smallest absolute Gasteiger partial charge is 0.371 e. The fourth-order valence-corrected chi connectivity index (χ4v) is 1.89. The molecule has 1 aliphatic carbocycles. The molecule has 2 N–H and O–H groups in total. The average molecular weight is 224 g/mol. The highest BCUT2D eigenvalue weighted by molar-refractivity contribution is 5.84. The van der Waals surface area contributed by atoms with Crippen molar-refractivity contribution in [3.05, 3.63) is 23.7 Å². The molecule has 86 valence electrons. The van der Waals surface area contributed by atoms with Crippen LogP contribution in [0.15, 0.2) is 16.5 Å². The molecular weight excluding hydrogens is 212 g/mol. The van der Waals surface area contributed by atoms with Gasteiger partial charge in [0.1, 0.15) is 17.1 Å². The highest BCUT2D eigenvalue weighted by Gasteiger charge is 2.37. The second-order valence-electron chi connectivity index (χ2n) is 4.04. The van der Waals surface area contributed by atoms with Gasteiger partial charge in [0.05, 0.1) is 0 Å². The quantitative estimate of drug-likeness (QED) is 0.790. The molecule has 0 atom stereocenters. The summed E-state index contributed by atoms with van der Waals surface area (Å²) in [5.74, 6) is -1.01. The lowest BCUT2D eigenvalue weighted by atomic mass is 9.82. The summed E-state index contributed by atoms with van der Waals surface area (Å²) in [4.78, 5) is 21.7. The lowest BCUT2D eigenvalue weighted by Gasteiger charge is -2.29. The van der Waals surface area contributed by atoms with Crippen LogP contribution in [0.5, 0.6) is 0 Å². The van der Waals surface area contributed by atoms with Crippen LogP contribution < -0.4 is 0 Å². The van der Waals surface area contributed by atoms with Crippen LogP contribution in [0.2, 0.25) is 0 Å². The van der Waals surface area contributed by atoms with Crippen LogP contribution in [0.25, 0.3) is 0 Å². The van der Waals surface area contributed by atoms with E-state index in [1.54, 1.807) is 0 Å². The highest BCUT2D eigenvalue weighted by Crippen LogP contribution is 2.36. The SMILES string of the molecule is O=C1CCC(O)(c2ccc(C(=O)O)o2)CC1. The minimum absolute atomic E-state index is 0.120. The van der Waals surface area contributed by atoms with E-state index >= 15 is 0 Å². The van der Waals surface area contributed by atoms with Crippen molar-refractivity contribution in [3.63, 3.8) is 0 Å². The summed E-state index contributed by atoms with van der Waals surface area (Å²) in [5, 5.41) is 18.9. The molecule has 2 rings (SSSR count). The lowest BCUT2D eigenvalue weighted by molar-refractivity contribution is -0.126. The number of aromatic carboxylic acids is 1. The number of rotatable bonds is 2. The van der Waals surface area contributed by atoms with Crippen molar-refractivity contribution in [2.75, 3.05) is 0 Å². The first-order valence-corrected chi connectivity index (χ1v) is 5.09. The molecule has 1 aromatic heterocycles. The molecule has 1 heterocycles. The molecule has 16 heavy (non-hydrogen) atoms. The van der Waals surface area contributed by atoms with Gasteiger partial charge in [-0.2, -0.15) is 0 Å². The van der Waals surface area contributed by atoms with Crippen LogP contribution in [-0.4, -0.2) is 22.0 Å². The van der Waals surface area contributed by atoms with Crippen LogP contribution in [0, 0.1) is 0 Å². The maximum Gasteiger partial charge on any atom is 0.371 e. The van der Waals surface area contributed by atoms with Crippen molar-refractivity contribution < 1.29 is 24.2 Å². The van der Waals surface area contributed by atoms with Crippen LogP contribution in [-0.2, 0) is 10.4 Å². The van der Waals surface area contributed by atoms with Crippen molar-refractivity contribution >= 4 is 11.8 Å². The van der Waals surface area contributed by atoms with Gasteiger partial charge in [0.2, 0.25) is 5.76 Å². The molecule has 0 bridgehead atoms. The summed E-state index contributed by atoms with van der Waals surface area (Å²) in [6.45, 7) is 0. The number of Topliss-reactive ketones (excluding diaryl/α,β-unsaturated/α-hetero) is 1. The first-order chi connectivity index (χ1) is 7.51. The van der Waals surface area contributed by atoms with Crippen LogP contribution in [0.3, 0.4) is 0 Å². The highest BCUT2D eigenvalue weighted by atomic mass is 16.4. The third-order valence-corrected chi connectivity index (χ3v) is 2.91. The molecule has 5 nitrogen and oxygen atoms in total. The number of carboxylic acid groups (broad SMARTS) is 1.